The first kappa shape index (κ1) is 16.7. The number of benzene rings is 1. The van der Waals surface area contributed by atoms with E-state index in [9.17, 15) is 9.59 Å². The Balaban J connectivity index is 1.80. The Morgan fingerprint density at radius 2 is 2.00 bits per heavy atom. The summed E-state index contributed by atoms with van der Waals surface area (Å²) in [5.74, 6) is 0.252. The Morgan fingerprint density at radius 1 is 1.20 bits per heavy atom. The number of amides is 2. The minimum Gasteiger partial charge on any atom is -0.493 e. The van der Waals surface area contributed by atoms with Gasteiger partial charge in [-0.1, -0.05) is 6.07 Å². The second-order valence-electron chi connectivity index (χ2n) is 5.42. The fourth-order valence-corrected chi connectivity index (χ4v) is 2.65. The summed E-state index contributed by atoms with van der Waals surface area (Å²) in [7, 11) is 3.01. The van der Waals surface area contributed by atoms with E-state index >= 15 is 0 Å². The Kier molecular flexibility index (Phi) is 4.80. The molecular formula is C17H18N4O4. The number of nitrogens with one attached hydrogen (secondary N) is 3. The van der Waals surface area contributed by atoms with Crippen LogP contribution in [-0.2, 0) is 4.79 Å². The summed E-state index contributed by atoms with van der Waals surface area (Å²) in [6, 6.07) is 7.24. The molecule has 2 heterocycles. The van der Waals surface area contributed by atoms with Crippen LogP contribution in [0.5, 0.6) is 11.5 Å². The van der Waals surface area contributed by atoms with Crippen LogP contribution in [0.1, 0.15) is 22.0 Å². The van der Waals surface area contributed by atoms with Crippen molar-refractivity contribution in [1.82, 2.24) is 21.2 Å². The van der Waals surface area contributed by atoms with E-state index in [1.807, 2.05) is 6.07 Å². The third-order valence-corrected chi connectivity index (χ3v) is 3.94. The van der Waals surface area contributed by atoms with Gasteiger partial charge in [-0.2, -0.15) is 0 Å². The molecule has 3 rings (SSSR count). The Bertz CT molecular complexity index is 781. The van der Waals surface area contributed by atoms with E-state index in [-0.39, 0.29) is 5.91 Å². The van der Waals surface area contributed by atoms with E-state index in [1.54, 1.807) is 36.7 Å². The van der Waals surface area contributed by atoms with Gasteiger partial charge in [0.05, 0.1) is 20.3 Å². The van der Waals surface area contributed by atoms with Crippen molar-refractivity contribution >= 4 is 11.8 Å². The molecule has 0 aliphatic carbocycles. The molecule has 25 heavy (non-hydrogen) atoms. The van der Waals surface area contributed by atoms with Crippen molar-refractivity contribution in [3.05, 3.63) is 53.9 Å². The summed E-state index contributed by atoms with van der Waals surface area (Å²) < 4.78 is 10.4. The molecule has 0 bridgehead atoms. The van der Waals surface area contributed by atoms with Gasteiger partial charge >= 0.3 is 0 Å². The lowest BCUT2D eigenvalue weighted by molar-refractivity contribution is -0.121. The molecule has 3 N–H and O–H groups in total. The van der Waals surface area contributed by atoms with Gasteiger partial charge in [-0.25, -0.2) is 5.43 Å². The van der Waals surface area contributed by atoms with E-state index in [0.717, 1.165) is 5.56 Å². The van der Waals surface area contributed by atoms with Crippen LogP contribution in [0.3, 0.4) is 0 Å². The second-order valence-corrected chi connectivity index (χ2v) is 5.42. The lowest BCUT2D eigenvalue weighted by Crippen LogP contribution is -2.42. The van der Waals surface area contributed by atoms with Crippen LogP contribution < -0.4 is 25.6 Å². The van der Waals surface area contributed by atoms with Gasteiger partial charge in [-0.3, -0.25) is 20.0 Å². The van der Waals surface area contributed by atoms with Crippen LogP contribution in [-0.4, -0.2) is 37.1 Å². The van der Waals surface area contributed by atoms with Gasteiger partial charge in [0, 0.05) is 18.0 Å². The topological polar surface area (TPSA) is 102 Å². The van der Waals surface area contributed by atoms with Gasteiger partial charge < -0.3 is 14.8 Å². The van der Waals surface area contributed by atoms with Crippen molar-refractivity contribution in [3.63, 3.8) is 0 Å². The predicted molar refractivity (Wildman–Crippen MR) is 89.1 cm³/mol. The number of hydrogen-bond acceptors (Lipinski definition) is 6. The van der Waals surface area contributed by atoms with Crippen LogP contribution in [0.2, 0.25) is 0 Å². The predicted octanol–water partition coefficient (Wildman–Crippen LogP) is 0.573. The quantitative estimate of drug-likeness (QED) is 0.734. The number of nitrogens with zero attached hydrogens (tertiary/aromatic N) is 1. The number of methoxy groups -OCH3 is 2. The van der Waals surface area contributed by atoms with Crippen LogP contribution >= 0.6 is 0 Å². The highest BCUT2D eigenvalue weighted by molar-refractivity contribution is 5.98. The molecule has 1 aliphatic heterocycles. The third kappa shape index (κ3) is 3.38. The largest absolute Gasteiger partial charge is 0.493 e. The molecule has 0 saturated carbocycles. The summed E-state index contributed by atoms with van der Waals surface area (Å²) in [6.45, 7) is 0. The summed E-state index contributed by atoms with van der Waals surface area (Å²) >= 11 is 0. The highest BCUT2D eigenvalue weighted by atomic mass is 16.5. The standard InChI is InChI=1S/C17H18N4O4/c1-24-12-6-5-10(8-13(12)25-2)16(22)19-15-14(20-21-17(15)23)11-4-3-7-18-9-11/h3-9,14-15,20H,1-2H3,(H,19,22)(H,21,23)/t14-,15-/m0/s1. The average molecular weight is 342 g/mol. The van der Waals surface area contributed by atoms with E-state index in [4.69, 9.17) is 9.47 Å². The molecule has 8 heteroatoms. The summed E-state index contributed by atoms with van der Waals surface area (Å²) in [5, 5.41) is 2.74. The Hall–Kier alpha value is -3.13. The number of hydrazine groups is 1. The fourth-order valence-electron chi connectivity index (χ4n) is 2.65. The molecule has 2 aromatic rings. The number of carbonyl (C=O) groups is 2. The maximum absolute atomic E-state index is 12.6. The summed E-state index contributed by atoms with van der Waals surface area (Å²) in [4.78, 5) is 28.7. The zero-order chi connectivity index (χ0) is 17.8. The molecule has 1 aromatic carbocycles. The zero-order valence-corrected chi connectivity index (χ0v) is 13.8. The molecule has 2 amide bonds. The van der Waals surface area contributed by atoms with Gasteiger partial charge in [0.25, 0.3) is 11.8 Å². The first-order valence-corrected chi connectivity index (χ1v) is 7.62. The Morgan fingerprint density at radius 3 is 2.68 bits per heavy atom. The number of ether oxygens (including phenoxy) is 2. The Labute approximate surface area is 144 Å². The maximum Gasteiger partial charge on any atom is 0.258 e. The molecule has 2 atom stereocenters. The van der Waals surface area contributed by atoms with Crippen LogP contribution in [0, 0.1) is 0 Å². The lowest BCUT2D eigenvalue weighted by Gasteiger charge is -2.18. The van der Waals surface area contributed by atoms with Crippen molar-refractivity contribution in [1.29, 1.82) is 0 Å². The molecule has 1 saturated heterocycles. The van der Waals surface area contributed by atoms with Crippen molar-refractivity contribution in [3.8, 4) is 11.5 Å². The van der Waals surface area contributed by atoms with Crippen LogP contribution in [0.15, 0.2) is 42.7 Å². The SMILES string of the molecule is COc1ccc(C(=O)N[C@@H]2C(=O)NN[C@H]2c2cccnc2)cc1OC. The normalized spacial score (nSPS) is 19.2. The van der Waals surface area contributed by atoms with Gasteiger partial charge in [0.15, 0.2) is 11.5 Å². The number of carbonyl (C=O) groups excluding carboxylic acids is 2. The van der Waals surface area contributed by atoms with E-state index in [1.165, 1.54) is 14.2 Å². The molecule has 0 unspecified atom stereocenters. The highest BCUT2D eigenvalue weighted by Crippen LogP contribution is 2.28. The monoisotopic (exact) mass is 342 g/mol. The first-order chi connectivity index (χ1) is 12.1. The molecule has 0 radical (unpaired) electrons. The van der Waals surface area contributed by atoms with Gasteiger partial charge in [0.2, 0.25) is 0 Å². The maximum atomic E-state index is 12.6. The lowest BCUT2D eigenvalue weighted by atomic mass is 10.0. The van der Waals surface area contributed by atoms with Gasteiger partial charge in [-0.05, 0) is 29.8 Å². The number of pyridine rings is 1. The van der Waals surface area contributed by atoms with Crippen molar-refractivity contribution < 1.29 is 19.1 Å². The van der Waals surface area contributed by atoms with Crippen molar-refractivity contribution in [2.75, 3.05) is 14.2 Å². The van der Waals surface area contributed by atoms with E-state index in [2.05, 4.69) is 21.2 Å². The minimum atomic E-state index is -0.759. The third-order valence-electron chi connectivity index (χ3n) is 3.94. The number of aromatic nitrogens is 1. The highest BCUT2D eigenvalue weighted by Gasteiger charge is 2.37. The van der Waals surface area contributed by atoms with Gasteiger partial charge in [0.1, 0.15) is 6.04 Å². The molecule has 1 aliphatic rings. The van der Waals surface area contributed by atoms with Crippen LogP contribution in [0.25, 0.3) is 0 Å². The van der Waals surface area contributed by atoms with E-state index < -0.39 is 18.0 Å². The molecule has 130 valence electrons. The van der Waals surface area contributed by atoms with Crippen molar-refractivity contribution in [2.24, 2.45) is 0 Å². The fraction of sp³-hybridized carbons (Fsp3) is 0.235. The molecule has 0 spiro atoms. The number of hydrogen-bond donors (Lipinski definition) is 3. The molecule has 1 fully saturated rings. The molecule has 8 nitrogen and oxygen atoms in total. The second kappa shape index (κ2) is 7.18. The summed E-state index contributed by atoms with van der Waals surface area (Å²) in [6.07, 6.45) is 3.29. The average Bonchev–Trinajstić information content (AvgIpc) is 3.02. The van der Waals surface area contributed by atoms with Crippen LogP contribution in [0.4, 0.5) is 0 Å². The summed E-state index contributed by atoms with van der Waals surface area (Å²) in [5.41, 5.74) is 6.56. The molecular weight excluding hydrogens is 324 g/mol. The van der Waals surface area contributed by atoms with Crippen molar-refractivity contribution in [2.45, 2.75) is 12.1 Å². The van der Waals surface area contributed by atoms with E-state index in [0.29, 0.717) is 17.1 Å². The molecule has 1 aromatic heterocycles. The smallest absolute Gasteiger partial charge is 0.258 e. The number of rotatable bonds is 5. The van der Waals surface area contributed by atoms with Gasteiger partial charge in [-0.15, -0.1) is 0 Å². The first-order valence-electron chi connectivity index (χ1n) is 7.62. The minimum absolute atomic E-state index is 0.317. The zero-order valence-electron chi connectivity index (χ0n) is 13.8.